The van der Waals surface area contributed by atoms with E-state index in [1.54, 1.807) is 38.1 Å². The van der Waals surface area contributed by atoms with Crippen molar-refractivity contribution in [2.24, 2.45) is 0 Å². The van der Waals surface area contributed by atoms with Gasteiger partial charge in [-0.25, -0.2) is 8.78 Å². The Morgan fingerprint density at radius 2 is 1.21 bits per heavy atom. The second-order valence-electron chi connectivity index (χ2n) is 3.49. The molecule has 0 spiro atoms. The summed E-state index contributed by atoms with van der Waals surface area (Å²) < 4.78 is 27.2. The highest BCUT2D eigenvalue weighted by Crippen LogP contribution is 2.25. The summed E-state index contributed by atoms with van der Waals surface area (Å²) >= 11 is 0. The molecule has 0 bridgehead atoms. The molecule has 0 aliphatic heterocycles. The van der Waals surface area contributed by atoms with Crippen molar-refractivity contribution in [2.45, 2.75) is 13.8 Å². The first kappa shape index (κ1) is 9.13. The van der Waals surface area contributed by atoms with Gasteiger partial charge in [0.25, 0.3) is 0 Å². The van der Waals surface area contributed by atoms with Crippen molar-refractivity contribution in [3.8, 4) is 0 Å². The first-order valence-corrected chi connectivity index (χ1v) is 4.45. The zero-order valence-electron chi connectivity index (χ0n) is 8.07. The number of rotatable bonds is 0. The highest BCUT2D eigenvalue weighted by Gasteiger charge is 2.10. The molecule has 72 valence electrons. The number of halogens is 2. The van der Waals surface area contributed by atoms with Crippen molar-refractivity contribution in [3.63, 3.8) is 0 Å². The van der Waals surface area contributed by atoms with Crippen LogP contribution in [0.2, 0.25) is 0 Å². The Balaban J connectivity index is 2.98. The quantitative estimate of drug-likeness (QED) is 0.596. The molecule has 0 amide bonds. The average Bonchev–Trinajstić information content (AvgIpc) is 2.17. The van der Waals surface area contributed by atoms with E-state index in [9.17, 15) is 8.78 Å². The minimum absolute atomic E-state index is 0.102. The van der Waals surface area contributed by atoms with E-state index in [1.165, 1.54) is 0 Å². The van der Waals surface area contributed by atoms with Crippen molar-refractivity contribution < 1.29 is 8.78 Å². The standard InChI is InChI=1S/C12H10F2/c1-7-3-5-9-6-4-8(2)12(14)10(9)11(7)13/h3-6H,1-2H3. The van der Waals surface area contributed by atoms with Gasteiger partial charge in [0.2, 0.25) is 0 Å². The second kappa shape index (κ2) is 3.05. The van der Waals surface area contributed by atoms with Crippen LogP contribution in [0.5, 0.6) is 0 Å². The maximum absolute atomic E-state index is 13.6. The van der Waals surface area contributed by atoms with Crippen molar-refractivity contribution in [3.05, 3.63) is 47.0 Å². The highest BCUT2D eigenvalue weighted by atomic mass is 19.1. The number of benzene rings is 2. The Morgan fingerprint density at radius 3 is 1.64 bits per heavy atom. The number of hydrogen-bond acceptors (Lipinski definition) is 0. The van der Waals surface area contributed by atoms with E-state index in [0.29, 0.717) is 16.5 Å². The summed E-state index contributed by atoms with van der Waals surface area (Å²) in [4.78, 5) is 0. The fourth-order valence-corrected chi connectivity index (χ4v) is 1.54. The average molecular weight is 192 g/mol. The summed E-state index contributed by atoms with van der Waals surface area (Å²) in [6.45, 7) is 3.27. The molecule has 0 radical (unpaired) electrons. The summed E-state index contributed by atoms with van der Waals surface area (Å²) in [6, 6.07) is 6.78. The fourth-order valence-electron chi connectivity index (χ4n) is 1.54. The molecular formula is C12H10F2. The first-order chi connectivity index (χ1) is 6.61. The molecule has 0 unspecified atom stereocenters. The Hall–Kier alpha value is -1.44. The van der Waals surface area contributed by atoms with Gasteiger partial charge in [-0.15, -0.1) is 0 Å². The Morgan fingerprint density at radius 1 is 0.786 bits per heavy atom. The van der Waals surface area contributed by atoms with Gasteiger partial charge < -0.3 is 0 Å². The predicted octanol–water partition coefficient (Wildman–Crippen LogP) is 3.73. The van der Waals surface area contributed by atoms with Crippen LogP contribution in [-0.4, -0.2) is 0 Å². The molecule has 0 saturated carbocycles. The van der Waals surface area contributed by atoms with Gasteiger partial charge in [-0.3, -0.25) is 0 Å². The molecule has 0 nitrogen and oxygen atoms in total. The third-order valence-electron chi connectivity index (χ3n) is 2.45. The molecule has 2 heteroatoms. The van der Waals surface area contributed by atoms with E-state index in [1.807, 2.05) is 0 Å². The van der Waals surface area contributed by atoms with Gasteiger partial charge in [-0.1, -0.05) is 24.3 Å². The van der Waals surface area contributed by atoms with Gasteiger partial charge in [0.1, 0.15) is 11.6 Å². The molecular weight excluding hydrogens is 182 g/mol. The second-order valence-corrected chi connectivity index (χ2v) is 3.49. The van der Waals surface area contributed by atoms with Crippen LogP contribution in [0, 0.1) is 25.5 Å². The third kappa shape index (κ3) is 1.18. The van der Waals surface area contributed by atoms with Gasteiger partial charge in [0.15, 0.2) is 0 Å². The predicted molar refractivity (Wildman–Crippen MR) is 53.3 cm³/mol. The van der Waals surface area contributed by atoms with Gasteiger partial charge in [-0.05, 0) is 30.4 Å². The first-order valence-electron chi connectivity index (χ1n) is 4.45. The van der Waals surface area contributed by atoms with Crippen LogP contribution in [0.3, 0.4) is 0 Å². The maximum Gasteiger partial charge on any atom is 0.136 e. The minimum atomic E-state index is -0.455. The highest BCUT2D eigenvalue weighted by molar-refractivity contribution is 5.85. The van der Waals surface area contributed by atoms with E-state index in [-0.39, 0.29) is 5.39 Å². The maximum atomic E-state index is 13.6. The van der Waals surface area contributed by atoms with E-state index >= 15 is 0 Å². The molecule has 14 heavy (non-hydrogen) atoms. The lowest BCUT2D eigenvalue weighted by molar-refractivity contribution is 0.598. The molecule has 2 rings (SSSR count). The Bertz CT molecular complexity index is 458. The van der Waals surface area contributed by atoms with E-state index < -0.39 is 11.6 Å². The SMILES string of the molecule is Cc1ccc2ccc(C)c(F)c2c1F. The lowest BCUT2D eigenvalue weighted by Gasteiger charge is -2.05. The molecule has 0 aromatic heterocycles. The van der Waals surface area contributed by atoms with Crippen LogP contribution < -0.4 is 0 Å². The Kier molecular flexibility index (Phi) is 1.99. The zero-order valence-corrected chi connectivity index (χ0v) is 8.07. The van der Waals surface area contributed by atoms with E-state index in [4.69, 9.17) is 0 Å². The monoisotopic (exact) mass is 192 g/mol. The molecule has 0 fully saturated rings. The Labute approximate surface area is 81.2 Å². The molecule has 2 aromatic carbocycles. The lowest BCUT2D eigenvalue weighted by Crippen LogP contribution is -1.91. The normalized spacial score (nSPS) is 10.9. The van der Waals surface area contributed by atoms with Crippen molar-refractivity contribution in [1.29, 1.82) is 0 Å². The van der Waals surface area contributed by atoms with Crippen molar-refractivity contribution in [2.75, 3.05) is 0 Å². The van der Waals surface area contributed by atoms with Crippen LogP contribution >= 0.6 is 0 Å². The summed E-state index contributed by atoms with van der Waals surface area (Å²) in [5.74, 6) is -0.910. The van der Waals surface area contributed by atoms with Gasteiger partial charge in [0.05, 0.1) is 5.39 Å². The lowest BCUT2D eigenvalue weighted by atomic mass is 10.0. The van der Waals surface area contributed by atoms with Crippen LogP contribution in [0.4, 0.5) is 8.78 Å². The smallest absolute Gasteiger partial charge is 0.136 e. The minimum Gasteiger partial charge on any atom is -0.206 e. The molecule has 0 saturated heterocycles. The van der Waals surface area contributed by atoms with Crippen LogP contribution in [0.15, 0.2) is 24.3 Å². The summed E-state index contributed by atoms with van der Waals surface area (Å²) in [7, 11) is 0. The largest absolute Gasteiger partial charge is 0.206 e. The zero-order chi connectivity index (χ0) is 10.3. The van der Waals surface area contributed by atoms with Crippen molar-refractivity contribution >= 4 is 10.8 Å². The van der Waals surface area contributed by atoms with Crippen LogP contribution in [0.25, 0.3) is 10.8 Å². The van der Waals surface area contributed by atoms with Crippen LogP contribution in [-0.2, 0) is 0 Å². The third-order valence-corrected chi connectivity index (χ3v) is 2.45. The van der Waals surface area contributed by atoms with E-state index in [2.05, 4.69) is 0 Å². The van der Waals surface area contributed by atoms with E-state index in [0.717, 1.165) is 0 Å². The molecule has 2 aromatic rings. The molecule has 0 aliphatic rings. The summed E-state index contributed by atoms with van der Waals surface area (Å²) in [5, 5.41) is 0.709. The number of fused-ring (bicyclic) bond motifs is 1. The number of hydrogen-bond donors (Lipinski definition) is 0. The summed E-state index contributed by atoms with van der Waals surface area (Å²) in [5.41, 5.74) is 0.948. The number of aryl methyl sites for hydroxylation is 2. The molecule has 0 N–H and O–H groups in total. The van der Waals surface area contributed by atoms with Crippen LogP contribution in [0.1, 0.15) is 11.1 Å². The molecule has 0 heterocycles. The fraction of sp³-hybridized carbons (Fsp3) is 0.167. The summed E-state index contributed by atoms with van der Waals surface area (Å²) in [6.07, 6.45) is 0. The van der Waals surface area contributed by atoms with Gasteiger partial charge in [0, 0.05) is 0 Å². The van der Waals surface area contributed by atoms with Gasteiger partial charge in [-0.2, -0.15) is 0 Å². The topological polar surface area (TPSA) is 0 Å². The molecule has 0 aliphatic carbocycles. The molecule has 0 atom stereocenters. The van der Waals surface area contributed by atoms with Gasteiger partial charge >= 0.3 is 0 Å². The van der Waals surface area contributed by atoms with Crippen molar-refractivity contribution in [1.82, 2.24) is 0 Å².